The molecule has 2 rings (SSSR count). The second-order valence-corrected chi connectivity index (χ2v) is 6.51. The molecule has 1 fully saturated rings. The van der Waals surface area contributed by atoms with Crippen molar-refractivity contribution >= 4 is 11.8 Å². The monoisotopic (exact) mass is 316 g/mol. The number of amides is 2. The van der Waals surface area contributed by atoms with E-state index in [0.717, 1.165) is 24.4 Å². The number of carbonyl (C=O) groups is 2. The summed E-state index contributed by atoms with van der Waals surface area (Å²) in [5.41, 5.74) is 0.962. The first kappa shape index (κ1) is 17.5. The summed E-state index contributed by atoms with van der Waals surface area (Å²) in [5.74, 6) is 0.746. The Hall–Kier alpha value is -1.84. The molecule has 23 heavy (non-hydrogen) atoms. The topological polar surface area (TPSA) is 58.2 Å². The van der Waals surface area contributed by atoms with Gasteiger partial charge in [-0.15, -0.1) is 0 Å². The summed E-state index contributed by atoms with van der Waals surface area (Å²) in [6.45, 7) is 2.21. The van der Waals surface area contributed by atoms with Crippen molar-refractivity contribution in [2.75, 3.05) is 6.54 Å². The smallest absolute Gasteiger partial charge is 0.222 e. The molecule has 1 aromatic carbocycles. The number of benzene rings is 1. The molecule has 1 aliphatic carbocycles. The summed E-state index contributed by atoms with van der Waals surface area (Å²) in [5, 5.41) is 5.85. The molecule has 1 unspecified atom stereocenters. The van der Waals surface area contributed by atoms with Gasteiger partial charge in [0, 0.05) is 13.5 Å². The average molecular weight is 316 g/mol. The minimum absolute atomic E-state index is 0.000903. The van der Waals surface area contributed by atoms with Gasteiger partial charge in [-0.1, -0.05) is 56.0 Å². The van der Waals surface area contributed by atoms with Crippen LogP contribution in [-0.2, 0) is 9.59 Å². The molecule has 0 heterocycles. The van der Waals surface area contributed by atoms with E-state index < -0.39 is 0 Å². The number of rotatable bonds is 8. The first-order valence-corrected chi connectivity index (χ1v) is 8.74. The van der Waals surface area contributed by atoms with Crippen LogP contribution in [0.5, 0.6) is 0 Å². The van der Waals surface area contributed by atoms with Gasteiger partial charge in [0.1, 0.15) is 0 Å². The molecule has 4 nitrogen and oxygen atoms in total. The zero-order chi connectivity index (χ0) is 16.5. The van der Waals surface area contributed by atoms with Gasteiger partial charge in [0.2, 0.25) is 11.8 Å². The molecular formula is C19H28N2O2. The van der Waals surface area contributed by atoms with Gasteiger partial charge in [-0.25, -0.2) is 0 Å². The third-order valence-corrected chi connectivity index (χ3v) is 4.56. The first-order valence-electron chi connectivity index (χ1n) is 8.74. The molecule has 1 aromatic rings. The van der Waals surface area contributed by atoms with Gasteiger partial charge in [-0.3, -0.25) is 9.59 Å². The lowest BCUT2D eigenvalue weighted by atomic mass is 10.0. The molecule has 0 saturated heterocycles. The summed E-state index contributed by atoms with van der Waals surface area (Å²) in [6, 6.07) is 9.38. The van der Waals surface area contributed by atoms with E-state index >= 15 is 0 Å². The van der Waals surface area contributed by atoms with Gasteiger partial charge in [-0.2, -0.15) is 0 Å². The van der Waals surface area contributed by atoms with Crippen molar-refractivity contribution in [1.29, 1.82) is 0 Å². The standard InChI is InChI=1S/C19H28N2O2/c1-15(22)21-18(17-11-3-2-4-12-17)14-19(23)20-13-7-10-16-8-5-6-9-16/h2-4,11-12,16,18H,5-10,13-14H2,1H3,(H,20,23)(H,21,22). The minimum atomic E-state index is -0.261. The van der Waals surface area contributed by atoms with Crippen LogP contribution in [0.15, 0.2) is 30.3 Å². The maximum Gasteiger partial charge on any atom is 0.222 e. The largest absolute Gasteiger partial charge is 0.356 e. The number of hydrogen-bond acceptors (Lipinski definition) is 2. The molecule has 2 amide bonds. The quantitative estimate of drug-likeness (QED) is 0.723. The highest BCUT2D eigenvalue weighted by Gasteiger charge is 2.17. The molecule has 0 bridgehead atoms. The van der Waals surface area contributed by atoms with Gasteiger partial charge in [0.15, 0.2) is 0 Å². The number of hydrogen-bond donors (Lipinski definition) is 2. The van der Waals surface area contributed by atoms with E-state index in [0.29, 0.717) is 0 Å². The predicted molar refractivity (Wildman–Crippen MR) is 91.8 cm³/mol. The van der Waals surface area contributed by atoms with Crippen LogP contribution in [0.3, 0.4) is 0 Å². The Morgan fingerprint density at radius 2 is 1.87 bits per heavy atom. The molecule has 0 spiro atoms. The zero-order valence-electron chi connectivity index (χ0n) is 14.0. The van der Waals surface area contributed by atoms with Crippen molar-refractivity contribution in [3.8, 4) is 0 Å². The van der Waals surface area contributed by atoms with Crippen molar-refractivity contribution in [1.82, 2.24) is 10.6 Å². The summed E-state index contributed by atoms with van der Waals surface area (Å²) in [7, 11) is 0. The Labute approximate surface area is 139 Å². The highest BCUT2D eigenvalue weighted by Crippen LogP contribution is 2.28. The van der Waals surface area contributed by atoms with E-state index in [9.17, 15) is 9.59 Å². The molecule has 0 radical (unpaired) electrons. The lowest BCUT2D eigenvalue weighted by Crippen LogP contribution is -2.33. The predicted octanol–water partition coefficient (Wildman–Crippen LogP) is 3.34. The van der Waals surface area contributed by atoms with Crippen LogP contribution in [0.2, 0.25) is 0 Å². The first-order chi connectivity index (χ1) is 11.1. The van der Waals surface area contributed by atoms with E-state index in [1.165, 1.54) is 39.0 Å². The van der Waals surface area contributed by atoms with Gasteiger partial charge in [0.05, 0.1) is 12.5 Å². The van der Waals surface area contributed by atoms with Crippen molar-refractivity contribution in [2.24, 2.45) is 5.92 Å². The highest BCUT2D eigenvalue weighted by molar-refractivity contribution is 5.79. The van der Waals surface area contributed by atoms with Crippen LogP contribution < -0.4 is 10.6 Å². The van der Waals surface area contributed by atoms with Gasteiger partial charge in [-0.05, 0) is 24.3 Å². The van der Waals surface area contributed by atoms with E-state index in [2.05, 4.69) is 10.6 Å². The van der Waals surface area contributed by atoms with Crippen LogP contribution >= 0.6 is 0 Å². The Morgan fingerprint density at radius 3 is 2.52 bits per heavy atom. The highest BCUT2D eigenvalue weighted by atomic mass is 16.2. The fourth-order valence-corrected chi connectivity index (χ4v) is 3.36. The second-order valence-electron chi connectivity index (χ2n) is 6.51. The van der Waals surface area contributed by atoms with E-state index in [1.807, 2.05) is 30.3 Å². The normalized spacial score (nSPS) is 16.0. The van der Waals surface area contributed by atoms with Gasteiger partial charge >= 0.3 is 0 Å². The van der Waals surface area contributed by atoms with Crippen molar-refractivity contribution in [3.63, 3.8) is 0 Å². The molecule has 0 aromatic heterocycles. The number of nitrogens with one attached hydrogen (secondary N) is 2. The molecule has 1 aliphatic rings. The molecule has 2 N–H and O–H groups in total. The van der Waals surface area contributed by atoms with Gasteiger partial charge < -0.3 is 10.6 Å². The van der Waals surface area contributed by atoms with E-state index in [-0.39, 0.29) is 24.3 Å². The maximum absolute atomic E-state index is 12.1. The van der Waals surface area contributed by atoms with E-state index in [4.69, 9.17) is 0 Å². The lowest BCUT2D eigenvalue weighted by molar-refractivity contribution is -0.122. The summed E-state index contributed by atoms with van der Waals surface area (Å²) in [6.07, 6.45) is 7.99. The molecule has 1 saturated carbocycles. The lowest BCUT2D eigenvalue weighted by Gasteiger charge is -2.18. The van der Waals surface area contributed by atoms with Crippen molar-refractivity contribution in [3.05, 3.63) is 35.9 Å². The van der Waals surface area contributed by atoms with Crippen LogP contribution in [0.1, 0.15) is 63.5 Å². The Kier molecular flexibility index (Phi) is 7.11. The van der Waals surface area contributed by atoms with Gasteiger partial charge in [0.25, 0.3) is 0 Å². The second kappa shape index (κ2) is 9.33. The average Bonchev–Trinajstić information content (AvgIpc) is 3.05. The molecule has 4 heteroatoms. The van der Waals surface area contributed by atoms with E-state index in [1.54, 1.807) is 0 Å². The summed E-state index contributed by atoms with van der Waals surface area (Å²) >= 11 is 0. The van der Waals surface area contributed by atoms with Crippen molar-refractivity contribution in [2.45, 2.75) is 57.9 Å². The van der Waals surface area contributed by atoms with Crippen LogP contribution in [0.25, 0.3) is 0 Å². The minimum Gasteiger partial charge on any atom is -0.356 e. The molecule has 126 valence electrons. The zero-order valence-corrected chi connectivity index (χ0v) is 14.0. The maximum atomic E-state index is 12.1. The Morgan fingerprint density at radius 1 is 1.17 bits per heavy atom. The van der Waals surface area contributed by atoms with Crippen LogP contribution in [-0.4, -0.2) is 18.4 Å². The Bertz CT molecular complexity index is 495. The molecule has 1 atom stereocenters. The fourth-order valence-electron chi connectivity index (χ4n) is 3.36. The third kappa shape index (κ3) is 6.43. The Balaban J connectivity index is 1.74. The molecule has 0 aliphatic heterocycles. The third-order valence-electron chi connectivity index (χ3n) is 4.56. The van der Waals surface area contributed by atoms with Crippen LogP contribution in [0.4, 0.5) is 0 Å². The molecular weight excluding hydrogens is 288 g/mol. The van der Waals surface area contributed by atoms with Crippen molar-refractivity contribution < 1.29 is 9.59 Å². The fraction of sp³-hybridized carbons (Fsp3) is 0.579. The summed E-state index contributed by atoms with van der Waals surface area (Å²) < 4.78 is 0. The summed E-state index contributed by atoms with van der Waals surface area (Å²) in [4.78, 5) is 23.5. The van der Waals surface area contributed by atoms with Crippen LogP contribution in [0, 0.1) is 5.92 Å². The number of carbonyl (C=O) groups excluding carboxylic acids is 2. The SMILES string of the molecule is CC(=O)NC(CC(=O)NCCCC1CCCC1)c1ccccc1.